The van der Waals surface area contributed by atoms with Gasteiger partial charge in [-0.1, -0.05) is 13.8 Å². The molecule has 1 aromatic heterocycles. The van der Waals surface area contributed by atoms with Crippen molar-refractivity contribution in [2.24, 2.45) is 0 Å². The third kappa shape index (κ3) is 4.28. The molecule has 0 saturated carbocycles. The van der Waals surface area contributed by atoms with Crippen molar-refractivity contribution >= 4 is 11.3 Å². The Morgan fingerprint density at radius 1 is 1.47 bits per heavy atom. The first-order chi connectivity index (χ1) is 7.13. The molecule has 1 atom stereocenters. The van der Waals surface area contributed by atoms with Crippen LogP contribution in [0.4, 0.5) is 0 Å². The molecule has 1 aromatic rings. The lowest BCUT2D eigenvalue weighted by molar-refractivity contribution is 0.269. The van der Waals surface area contributed by atoms with Crippen molar-refractivity contribution in [3.05, 3.63) is 16.1 Å². The summed E-state index contributed by atoms with van der Waals surface area (Å²) >= 11 is 1.76. The standard InChI is InChI=1S/C11H20N2OS/c1-8(2)11-13-7-10(15-11)6-12-9(3)4-5-14/h7-9,12,14H,4-6H2,1-3H3/t9-/m1/s1. The van der Waals surface area contributed by atoms with Gasteiger partial charge in [-0.2, -0.15) is 0 Å². The molecule has 0 aliphatic rings. The monoisotopic (exact) mass is 228 g/mol. The van der Waals surface area contributed by atoms with Gasteiger partial charge in [-0.3, -0.25) is 0 Å². The van der Waals surface area contributed by atoms with E-state index in [2.05, 4.69) is 31.1 Å². The fraction of sp³-hybridized carbons (Fsp3) is 0.727. The van der Waals surface area contributed by atoms with Gasteiger partial charge in [0.15, 0.2) is 0 Å². The highest BCUT2D eigenvalue weighted by molar-refractivity contribution is 7.11. The first kappa shape index (κ1) is 12.6. The number of hydrogen-bond acceptors (Lipinski definition) is 4. The van der Waals surface area contributed by atoms with E-state index in [1.165, 1.54) is 9.88 Å². The molecule has 0 fully saturated rings. The fourth-order valence-electron chi connectivity index (χ4n) is 1.24. The van der Waals surface area contributed by atoms with E-state index in [9.17, 15) is 0 Å². The van der Waals surface area contributed by atoms with Crippen LogP contribution in [0.3, 0.4) is 0 Å². The third-order valence-electron chi connectivity index (χ3n) is 2.25. The number of aliphatic hydroxyl groups is 1. The van der Waals surface area contributed by atoms with Gasteiger partial charge in [-0.15, -0.1) is 11.3 Å². The smallest absolute Gasteiger partial charge is 0.0953 e. The predicted molar refractivity (Wildman–Crippen MR) is 64.2 cm³/mol. The average Bonchev–Trinajstić information content (AvgIpc) is 2.63. The molecule has 0 aliphatic carbocycles. The molecule has 0 bridgehead atoms. The number of nitrogens with one attached hydrogen (secondary N) is 1. The summed E-state index contributed by atoms with van der Waals surface area (Å²) in [6.45, 7) is 7.50. The summed E-state index contributed by atoms with van der Waals surface area (Å²) in [6.07, 6.45) is 2.74. The Labute approximate surface area is 95.6 Å². The molecule has 1 rings (SSSR count). The Morgan fingerprint density at radius 3 is 2.73 bits per heavy atom. The summed E-state index contributed by atoms with van der Waals surface area (Å²) < 4.78 is 0. The second kappa shape index (κ2) is 6.20. The maximum absolute atomic E-state index is 8.76. The molecule has 0 unspecified atom stereocenters. The van der Waals surface area contributed by atoms with E-state index in [1.54, 1.807) is 11.3 Å². The molecule has 1 heterocycles. The molecule has 0 spiro atoms. The van der Waals surface area contributed by atoms with Crippen LogP contribution in [-0.2, 0) is 6.54 Å². The van der Waals surface area contributed by atoms with Gasteiger partial charge < -0.3 is 10.4 Å². The van der Waals surface area contributed by atoms with Crippen LogP contribution in [0.1, 0.15) is 43.0 Å². The van der Waals surface area contributed by atoms with Gasteiger partial charge in [0, 0.05) is 36.2 Å². The summed E-state index contributed by atoms with van der Waals surface area (Å²) in [4.78, 5) is 5.64. The highest BCUT2D eigenvalue weighted by atomic mass is 32.1. The van der Waals surface area contributed by atoms with Crippen molar-refractivity contribution in [1.82, 2.24) is 10.3 Å². The minimum atomic E-state index is 0.244. The minimum absolute atomic E-state index is 0.244. The fourth-order valence-corrected chi connectivity index (χ4v) is 2.11. The maximum atomic E-state index is 8.76. The van der Waals surface area contributed by atoms with E-state index in [-0.39, 0.29) is 6.61 Å². The molecule has 0 aromatic carbocycles. The first-order valence-corrected chi connectivity index (χ1v) is 6.24. The largest absolute Gasteiger partial charge is 0.396 e. The molecule has 4 heteroatoms. The van der Waals surface area contributed by atoms with E-state index >= 15 is 0 Å². The summed E-state index contributed by atoms with van der Waals surface area (Å²) in [5.41, 5.74) is 0. The van der Waals surface area contributed by atoms with Crippen molar-refractivity contribution in [2.75, 3.05) is 6.61 Å². The molecule has 86 valence electrons. The van der Waals surface area contributed by atoms with E-state index in [1.807, 2.05) is 6.20 Å². The zero-order valence-corrected chi connectivity index (χ0v) is 10.5. The number of aromatic nitrogens is 1. The minimum Gasteiger partial charge on any atom is -0.396 e. The van der Waals surface area contributed by atoms with Crippen molar-refractivity contribution in [3.63, 3.8) is 0 Å². The van der Waals surface area contributed by atoms with E-state index in [0.29, 0.717) is 12.0 Å². The summed E-state index contributed by atoms with van der Waals surface area (Å²) in [5.74, 6) is 0.513. The van der Waals surface area contributed by atoms with E-state index < -0.39 is 0 Å². The zero-order valence-electron chi connectivity index (χ0n) is 9.66. The Morgan fingerprint density at radius 2 is 2.20 bits per heavy atom. The molecular weight excluding hydrogens is 208 g/mol. The van der Waals surface area contributed by atoms with Crippen molar-refractivity contribution in [1.29, 1.82) is 0 Å². The lowest BCUT2D eigenvalue weighted by Crippen LogP contribution is -2.25. The highest BCUT2D eigenvalue weighted by Crippen LogP contribution is 2.20. The summed E-state index contributed by atoms with van der Waals surface area (Å²) in [7, 11) is 0. The van der Waals surface area contributed by atoms with Gasteiger partial charge in [0.25, 0.3) is 0 Å². The Hall–Kier alpha value is -0.450. The molecule has 0 radical (unpaired) electrons. The molecule has 2 N–H and O–H groups in total. The van der Waals surface area contributed by atoms with E-state index in [0.717, 1.165) is 13.0 Å². The number of rotatable bonds is 6. The molecular formula is C11H20N2OS. The Kier molecular flexibility index (Phi) is 5.22. The topological polar surface area (TPSA) is 45.2 Å². The van der Waals surface area contributed by atoms with Gasteiger partial charge in [0.05, 0.1) is 5.01 Å². The first-order valence-electron chi connectivity index (χ1n) is 5.42. The van der Waals surface area contributed by atoms with Crippen LogP contribution >= 0.6 is 11.3 Å². The molecule has 0 aliphatic heterocycles. The van der Waals surface area contributed by atoms with Crippen LogP contribution in [-0.4, -0.2) is 22.7 Å². The number of hydrogen-bond donors (Lipinski definition) is 2. The van der Waals surface area contributed by atoms with Gasteiger partial charge >= 0.3 is 0 Å². The van der Waals surface area contributed by atoms with Crippen molar-refractivity contribution in [3.8, 4) is 0 Å². The average molecular weight is 228 g/mol. The van der Waals surface area contributed by atoms with Gasteiger partial charge in [-0.25, -0.2) is 4.98 Å². The molecule has 0 saturated heterocycles. The molecule has 3 nitrogen and oxygen atoms in total. The zero-order chi connectivity index (χ0) is 11.3. The number of aliphatic hydroxyl groups excluding tert-OH is 1. The molecule has 0 amide bonds. The number of thiazole rings is 1. The second-order valence-corrected chi connectivity index (χ2v) is 5.26. The SMILES string of the molecule is CC(C)c1ncc(CN[C@H](C)CCO)s1. The van der Waals surface area contributed by atoms with Crippen LogP contribution in [0.25, 0.3) is 0 Å². The Balaban J connectivity index is 2.37. The Bertz CT molecular complexity index is 286. The molecule has 15 heavy (non-hydrogen) atoms. The van der Waals surface area contributed by atoms with Crippen LogP contribution in [0.5, 0.6) is 0 Å². The van der Waals surface area contributed by atoms with Crippen LogP contribution < -0.4 is 5.32 Å². The summed E-state index contributed by atoms with van der Waals surface area (Å²) in [6, 6.07) is 0.361. The van der Waals surface area contributed by atoms with Crippen molar-refractivity contribution in [2.45, 2.75) is 45.7 Å². The van der Waals surface area contributed by atoms with Crippen LogP contribution in [0, 0.1) is 0 Å². The van der Waals surface area contributed by atoms with Gasteiger partial charge in [0.2, 0.25) is 0 Å². The third-order valence-corrected chi connectivity index (χ3v) is 3.55. The van der Waals surface area contributed by atoms with Crippen LogP contribution in [0.15, 0.2) is 6.20 Å². The quantitative estimate of drug-likeness (QED) is 0.784. The predicted octanol–water partition coefficient (Wildman–Crippen LogP) is 2.13. The van der Waals surface area contributed by atoms with Crippen molar-refractivity contribution < 1.29 is 5.11 Å². The van der Waals surface area contributed by atoms with E-state index in [4.69, 9.17) is 5.11 Å². The lowest BCUT2D eigenvalue weighted by Gasteiger charge is -2.10. The summed E-state index contributed by atoms with van der Waals surface area (Å²) in [5, 5.41) is 13.3. The van der Waals surface area contributed by atoms with Gasteiger partial charge in [0.1, 0.15) is 0 Å². The van der Waals surface area contributed by atoms with Crippen LogP contribution in [0.2, 0.25) is 0 Å². The normalized spacial score (nSPS) is 13.4. The number of nitrogens with zero attached hydrogens (tertiary/aromatic N) is 1. The maximum Gasteiger partial charge on any atom is 0.0953 e. The highest BCUT2D eigenvalue weighted by Gasteiger charge is 2.06. The lowest BCUT2D eigenvalue weighted by atomic mass is 10.2. The van der Waals surface area contributed by atoms with Gasteiger partial charge in [-0.05, 0) is 13.3 Å². The second-order valence-electron chi connectivity index (χ2n) is 4.11.